The number of benzene rings is 1. The van der Waals surface area contributed by atoms with E-state index in [9.17, 15) is 0 Å². The number of rotatable bonds is 8. The second kappa shape index (κ2) is 8.63. The summed E-state index contributed by atoms with van der Waals surface area (Å²) in [7, 11) is 0. The highest BCUT2D eigenvalue weighted by Gasteiger charge is 2.01. The van der Waals surface area contributed by atoms with Crippen LogP contribution in [0.2, 0.25) is 0 Å². The van der Waals surface area contributed by atoms with Gasteiger partial charge in [0, 0.05) is 25.3 Å². The minimum atomic E-state index is 0.302. The van der Waals surface area contributed by atoms with E-state index in [2.05, 4.69) is 11.2 Å². The van der Waals surface area contributed by atoms with Crippen LogP contribution < -0.4 is 10.1 Å². The maximum Gasteiger partial charge on any atom is 0.148 e. The first-order valence-electron chi connectivity index (χ1n) is 5.81. The van der Waals surface area contributed by atoms with E-state index in [0.717, 1.165) is 37.6 Å². The summed E-state index contributed by atoms with van der Waals surface area (Å²) < 4.78 is 10.7. The first-order chi connectivity index (χ1) is 8.38. The fourth-order valence-electron chi connectivity index (χ4n) is 1.42. The van der Waals surface area contributed by atoms with Crippen LogP contribution in [0.3, 0.4) is 0 Å². The Labute approximate surface area is 103 Å². The molecule has 0 spiro atoms. The number of hydrogen-bond donors (Lipinski definition) is 1. The van der Waals surface area contributed by atoms with Crippen molar-refractivity contribution in [2.24, 2.45) is 0 Å². The van der Waals surface area contributed by atoms with Crippen molar-refractivity contribution in [3.63, 3.8) is 0 Å². The van der Waals surface area contributed by atoms with Gasteiger partial charge in [-0.15, -0.1) is 6.42 Å². The number of hydrogen-bond acceptors (Lipinski definition) is 3. The van der Waals surface area contributed by atoms with Crippen LogP contribution in [-0.4, -0.2) is 26.4 Å². The lowest BCUT2D eigenvalue weighted by Gasteiger charge is -2.10. The number of terminal acetylenes is 1. The SMILES string of the molecule is C#CCOc1ccccc1CNCCOCC. The molecule has 0 saturated carbocycles. The topological polar surface area (TPSA) is 30.5 Å². The van der Waals surface area contributed by atoms with Gasteiger partial charge in [-0.05, 0) is 13.0 Å². The van der Waals surface area contributed by atoms with Crippen molar-refractivity contribution in [3.05, 3.63) is 29.8 Å². The molecule has 0 fully saturated rings. The maximum atomic E-state index is 5.46. The number of ether oxygens (including phenoxy) is 2. The molecule has 3 nitrogen and oxygen atoms in total. The van der Waals surface area contributed by atoms with Gasteiger partial charge in [0.25, 0.3) is 0 Å². The van der Waals surface area contributed by atoms with E-state index in [0.29, 0.717) is 6.61 Å². The molecule has 0 aromatic heterocycles. The predicted molar refractivity (Wildman–Crippen MR) is 69.0 cm³/mol. The van der Waals surface area contributed by atoms with E-state index >= 15 is 0 Å². The fourth-order valence-corrected chi connectivity index (χ4v) is 1.42. The largest absolute Gasteiger partial charge is 0.481 e. The van der Waals surface area contributed by atoms with Crippen molar-refractivity contribution in [3.8, 4) is 18.1 Å². The Morgan fingerprint density at radius 2 is 2.18 bits per heavy atom. The molecule has 0 atom stereocenters. The smallest absolute Gasteiger partial charge is 0.148 e. The molecule has 0 heterocycles. The Morgan fingerprint density at radius 3 is 2.94 bits per heavy atom. The van der Waals surface area contributed by atoms with E-state index in [1.165, 1.54) is 0 Å². The second-order valence-electron chi connectivity index (χ2n) is 3.47. The van der Waals surface area contributed by atoms with Gasteiger partial charge in [-0.2, -0.15) is 0 Å². The molecule has 1 aromatic carbocycles. The van der Waals surface area contributed by atoms with Crippen molar-refractivity contribution in [2.75, 3.05) is 26.4 Å². The third-order valence-corrected chi connectivity index (χ3v) is 2.23. The summed E-state index contributed by atoms with van der Waals surface area (Å²) >= 11 is 0. The van der Waals surface area contributed by atoms with Crippen molar-refractivity contribution >= 4 is 0 Å². The first-order valence-corrected chi connectivity index (χ1v) is 5.81. The standard InChI is InChI=1S/C14H19NO2/c1-3-10-17-14-8-6-5-7-13(14)12-15-9-11-16-4-2/h1,5-8,15H,4,9-12H2,2H3. The number of para-hydroxylation sites is 1. The highest BCUT2D eigenvalue weighted by atomic mass is 16.5. The van der Waals surface area contributed by atoms with E-state index in [4.69, 9.17) is 15.9 Å². The summed E-state index contributed by atoms with van der Waals surface area (Å²) in [6.07, 6.45) is 5.17. The van der Waals surface area contributed by atoms with Crippen molar-refractivity contribution in [1.82, 2.24) is 5.32 Å². The highest BCUT2D eigenvalue weighted by molar-refractivity contribution is 5.33. The van der Waals surface area contributed by atoms with Gasteiger partial charge in [-0.25, -0.2) is 0 Å². The van der Waals surface area contributed by atoms with Crippen LogP contribution in [0.25, 0.3) is 0 Å². The molecule has 0 aliphatic rings. The molecule has 0 radical (unpaired) electrons. The quantitative estimate of drug-likeness (QED) is 0.549. The van der Waals surface area contributed by atoms with E-state index in [1.54, 1.807) is 0 Å². The molecule has 3 heteroatoms. The van der Waals surface area contributed by atoms with Gasteiger partial charge < -0.3 is 14.8 Å². The third-order valence-electron chi connectivity index (χ3n) is 2.23. The molecule has 0 amide bonds. The van der Waals surface area contributed by atoms with E-state index < -0.39 is 0 Å². The average molecular weight is 233 g/mol. The lowest BCUT2D eigenvalue weighted by Crippen LogP contribution is -2.19. The Balaban J connectivity index is 2.38. The van der Waals surface area contributed by atoms with Crippen LogP contribution in [0.4, 0.5) is 0 Å². The molecule has 0 aliphatic heterocycles. The van der Waals surface area contributed by atoms with Gasteiger partial charge >= 0.3 is 0 Å². The van der Waals surface area contributed by atoms with Crippen molar-refractivity contribution in [2.45, 2.75) is 13.5 Å². The molecular formula is C14H19NO2. The summed E-state index contributed by atoms with van der Waals surface area (Å²) in [6.45, 7) is 5.36. The van der Waals surface area contributed by atoms with Crippen LogP contribution in [0.5, 0.6) is 5.75 Å². The van der Waals surface area contributed by atoms with E-state index in [-0.39, 0.29) is 0 Å². The van der Waals surface area contributed by atoms with Gasteiger partial charge in [0.05, 0.1) is 6.61 Å². The Morgan fingerprint density at radius 1 is 1.35 bits per heavy atom. The van der Waals surface area contributed by atoms with Gasteiger partial charge in [0.15, 0.2) is 0 Å². The van der Waals surface area contributed by atoms with Gasteiger partial charge in [-0.3, -0.25) is 0 Å². The van der Waals surface area contributed by atoms with Crippen LogP contribution in [0.1, 0.15) is 12.5 Å². The zero-order valence-electron chi connectivity index (χ0n) is 10.2. The normalized spacial score (nSPS) is 9.88. The minimum Gasteiger partial charge on any atom is -0.481 e. The van der Waals surface area contributed by atoms with Crippen LogP contribution >= 0.6 is 0 Å². The zero-order valence-corrected chi connectivity index (χ0v) is 10.2. The first kappa shape index (κ1) is 13.6. The zero-order chi connectivity index (χ0) is 12.3. The lowest BCUT2D eigenvalue weighted by molar-refractivity contribution is 0.149. The van der Waals surface area contributed by atoms with Gasteiger partial charge in [0.2, 0.25) is 0 Å². The molecule has 0 bridgehead atoms. The number of nitrogens with one attached hydrogen (secondary N) is 1. The van der Waals surface area contributed by atoms with Gasteiger partial charge in [-0.1, -0.05) is 24.1 Å². The fraction of sp³-hybridized carbons (Fsp3) is 0.429. The van der Waals surface area contributed by atoms with Gasteiger partial charge in [0.1, 0.15) is 12.4 Å². The summed E-state index contributed by atoms with van der Waals surface area (Å²) in [5, 5.41) is 3.30. The summed E-state index contributed by atoms with van der Waals surface area (Å²) in [4.78, 5) is 0. The molecule has 0 unspecified atom stereocenters. The summed E-state index contributed by atoms with van der Waals surface area (Å²) in [5.74, 6) is 3.31. The molecule has 1 rings (SSSR count). The molecule has 0 saturated heterocycles. The Bertz CT molecular complexity index is 357. The molecular weight excluding hydrogens is 214 g/mol. The lowest BCUT2D eigenvalue weighted by atomic mass is 10.2. The monoisotopic (exact) mass is 233 g/mol. The van der Waals surface area contributed by atoms with Crippen LogP contribution in [0, 0.1) is 12.3 Å². The molecule has 1 N–H and O–H groups in total. The maximum absolute atomic E-state index is 5.46. The Kier molecular flexibility index (Phi) is 6.89. The van der Waals surface area contributed by atoms with Crippen molar-refractivity contribution < 1.29 is 9.47 Å². The predicted octanol–water partition coefficient (Wildman–Crippen LogP) is 1.82. The highest BCUT2D eigenvalue weighted by Crippen LogP contribution is 2.17. The van der Waals surface area contributed by atoms with Crippen molar-refractivity contribution in [1.29, 1.82) is 0 Å². The Hall–Kier alpha value is -1.50. The molecule has 17 heavy (non-hydrogen) atoms. The van der Waals surface area contributed by atoms with Crippen LogP contribution in [-0.2, 0) is 11.3 Å². The average Bonchev–Trinajstić information content (AvgIpc) is 2.37. The second-order valence-corrected chi connectivity index (χ2v) is 3.47. The van der Waals surface area contributed by atoms with Crippen LogP contribution in [0.15, 0.2) is 24.3 Å². The molecule has 92 valence electrons. The molecule has 1 aromatic rings. The minimum absolute atomic E-state index is 0.302. The summed E-state index contributed by atoms with van der Waals surface area (Å²) in [5.41, 5.74) is 1.11. The van der Waals surface area contributed by atoms with E-state index in [1.807, 2.05) is 31.2 Å². The summed E-state index contributed by atoms with van der Waals surface area (Å²) in [6, 6.07) is 7.88. The third kappa shape index (κ3) is 5.39. The molecule has 0 aliphatic carbocycles.